The summed E-state index contributed by atoms with van der Waals surface area (Å²) in [6.45, 7) is 3.79. The molecule has 0 saturated heterocycles. The number of fused-ring (bicyclic) bond motifs is 1. The van der Waals surface area contributed by atoms with Crippen LogP contribution in [0.4, 0.5) is 0 Å². The Bertz CT molecular complexity index is 510. The van der Waals surface area contributed by atoms with Crippen molar-refractivity contribution in [2.24, 2.45) is 5.41 Å². The second-order valence-electron chi connectivity index (χ2n) is 4.81. The lowest BCUT2D eigenvalue weighted by molar-refractivity contribution is 0.0833. The molecule has 1 atom stereocenters. The molecular formula is C15H14O. The SMILES string of the molecule is C=CC1=CCC2(C1)Cc1ccccc1C2=O. The third-order valence-electron chi connectivity index (χ3n) is 3.83. The van der Waals surface area contributed by atoms with Crippen LogP contribution in [0.15, 0.2) is 48.6 Å². The van der Waals surface area contributed by atoms with E-state index < -0.39 is 0 Å². The molecule has 1 nitrogen and oxygen atoms in total. The Morgan fingerprint density at radius 3 is 2.75 bits per heavy atom. The first-order valence-electron chi connectivity index (χ1n) is 5.69. The second kappa shape index (κ2) is 3.18. The lowest BCUT2D eigenvalue weighted by Gasteiger charge is -2.20. The van der Waals surface area contributed by atoms with Gasteiger partial charge in [-0.3, -0.25) is 4.79 Å². The fourth-order valence-corrected chi connectivity index (χ4v) is 2.95. The molecule has 0 amide bonds. The minimum Gasteiger partial charge on any atom is -0.294 e. The van der Waals surface area contributed by atoms with Crippen molar-refractivity contribution in [3.05, 3.63) is 59.7 Å². The molecule has 2 aliphatic carbocycles. The Balaban J connectivity index is 2.00. The van der Waals surface area contributed by atoms with Crippen molar-refractivity contribution in [2.45, 2.75) is 19.3 Å². The van der Waals surface area contributed by atoms with Gasteiger partial charge in [0.25, 0.3) is 0 Å². The van der Waals surface area contributed by atoms with Crippen LogP contribution in [0.3, 0.4) is 0 Å². The molecule has 0 aliphatic heterocycles. The molecule has 0 radical (unpaired) electrons. The molecule has 0 aromatic heterocycles. The van der Waals surface area contributed by atoms with Gasteiger partial charge in [0.15, 0.2) is 5.78 Å². The molecular weight excluding hydrogens is 196 g/mol. The first kappa shape index (κ1) is 9.59. The van der Waals surface area contributed by atoms with E-state index in [1.807, 2.05) is 24.3 Å². The molecule has 0 bridgehead atoms. The quantitative estimate of drug-likeness (QED) is 0.695. The largest absolute Gasteiger partial charge is 0.294 e. The van der Waals surface area contributed by atoms with Crippen molar-refractivity contribution < 1.29 is 4.79 Å². The minimum absolute atomic E-state index is 0.173. The summed E-state index contributed by atoms with van der Waals surface area (Å²) in [5, 5.41) is 0. The van der Waals surface area contributed by atoms with Crippen LogP contribution in [0.25, 0.3) is 0 Å². The highest BCUT2D eigenvalue weighted by molar-refractivity contribution is 6.05. The van der Waals surface area contributed by atoms with Gasteiger partial charge in [-0.1, -0.05) is 48.6 Å². The molecule has 0 fully saturated rings. The summed E-state index contributed by atoms with van der Waals surface area (Å²) in [7, 11) is 0. The average Bonchev–Trinajstić information content (AvgIpc) is 2.84. The molecule has 0 heterocycles. The Hall–Kier alpha value is -1.63. The van der Waals surface area contributed by atoms with Gasteiger partial charge < -0.3 is 0 Å². The number of allylic oxidation sites excluding steroid dienone is 3. The molecule has 1 aromatic rings. The molecule has 1 aromatic carbocycles. The number of hydrogen-bond donors (Lipinski definition) is 0. The standard InChI is InChI=1S/C15H14O/c1-2-11-7-8-15(9-11)10-12-5-3-4-6-13(12)14(15)16/h2-7H,1,8-10H2. The monoisotopic (exact) mass is 210 g/mol. The molecule has 16 heavy (non-hydrogen) atoms. The highest BCUT2D eigenvalue weighted by atomic mass is 16.1. The molecule has 1 spiro atoms. The van der Waals surface area contributed by atoms with Crippen molar-refractivity contribution >= 4 is 5.78 Å². The van der Waals surface area contributed by atoms with Gasteiger partial charge in [-0.05, 0) is 24.8 Å². The molecule has 3 rings (SSSR count). The molecule has 0 saturated carbocycles. The zero-order valence-electron chi connectivity index (χ0n) is 9.20. The number of Topliss-reactive ketones (excluding diaryl/α,β-unsaturated/α-hetero) is 1. The van der Waals surface area contributed by atoms with E-state index in [1.165, 1.54) is 11.1 Å². The predicted molar refractivity (Wildman–Crippen MR) is 64.4 cm³/mol. The summed E-state index contributed by atoms with van der Waals surface area (Å²) in [5.41, 5.74) is 3.20. The second-order valence-corrected chi connectivity index (χ2v) is 4.81. The number of carbonyl (C=O) groups excluding carboxylic acids is 1. The molecule has 1 unspecified atom stereocenters. The first-order valence-corrected chi connectivity index (χ1v) is 5.69. The van der Waals surface area contributed by atoms with E-state index in [0.717, 1.165) is 24.8 Å². The number of ketones is 1. The van der Waals surface area contributed by atoms with Gasteiger partial charge in [-0.2, -0.15) is 0 Å². The highest BCUT2D eigenvalue weighted by Gasteiger charge is 2.46. The van der Waals surface area contributed by atoms with E-state index in [9.17, 15) is 4.79 Å². The van der Waals surface area contributed by atoms with Crippen LogP contribution >= 0.6 is 0 Å². The van der Waals surface area contributed by atoms with Gasteiger partial charge in [0, 0.05) is 11.0 Å². The smallest absolute Gasteiger partial charge is 0.170 e. The van der Waals surface area contributed by atoms with E-state index >= 15 is 0 Å². The summed E-state index contributed by atoms with van der Waals surface area (Å²) in [4.78, 5) is 12.4. The van der Waals surface area contributed by atoms with Crippen LogP contribution in [0.5, 0.6) is 0 Å². The van der Waals surface area contributed by atoms with Crippen LogP contribution in [-0.2, 0) is 6.42 Å². The van der Waals surface area contributed by atoms with Crippen molar-refractivity contribution in [1.29, 1.82) is 0 Å². The molecule has 1 heteroatoms. The topological polar surface area (TPSA) is 17.1 Å². The third-order valence-corrected chi connectivity index (χ3v) is 3.83. The van der Waals surface area contributed by atoms with Gasteiger partial charge >= 0.3 is 0 Å². The van der Waals surface area contributed by atoms with Crippen LogP contribution in [0, 0.1) is 5.41 Å². The Morgan fingerprint density at radius 2 is 2.06 bits per heavy atom. The van der Waals surface area contributed by atoms with Crippen LogP contribution in [0.2, 0.25) is 0 Å². The van der Waals surface area contributed by atoms with Gasteiger partial charge in [0.05, 0.1) is 0 Å². The lowest BCUT2D eigenvalue weighted by atomic mass is 9.80. The highest BCUT2D eigenvalue weighted by Crippen LogP contribution is 2.48. The minimum atomic E-state index is -0.173. The maximum absolute atomic E-state index is 12.4. The van der Waals surface area contributed by atoms with Crippen molar-refractivity contribution in [3.8, 4) is 0 Å². The van der Waals surface area contributed by atoms with Gasteiger partial charge in [0.2, 0.25) is 0 Å². The number of carbonyl (C=O) groups is 1. The Morgan fingerprint density at radius 1 is 1.25 bits per heavy atom. The van der Waals surface area contributed by atoms with Gasteiger partial charge in [-0.25, -0.2) is 0 Å². The first-order chi connectivity index (χ1) is 7.75. The fourth-order valence-electron chi connectivity index (χ4n) is 2.95. The van der Waals surface area contributed by atoms with Crippen LogP contribution in [-0.4, -0.2) is 5.78 Å². The van der Waals surface area contributed by atoms with Crippen molar-refractivity contribution in [2.75, 3.05) is 0 Å². The fraction of sp³-hybridized carbons (Fsp3) is 0.267. The average molecular weight is 210 g/mol. The molecule has 2 aliphatic rings. The Kier molecular flexibility index (Phi) is 1.90. The predicted octanol–water partition coefficient (Wildman–Crippen LogP) is 3.32. The van der Waals surface area contributed by atoms with E-state index in [-0.39, 0.29) is 5.41 Å². The van der Waals surface area contributed by atoms with E-state index in [2.05, 4.69) is 18.7 Å². The number of rotatable bonds is 1. The molecule has 0 N–H and O–H groups in total. The van der Waals surface area contributed by atoms with E-state index in [4.69, 9.17) is 0 Å². The van der Waals surface area contributed by atoms with Crippen LogP contribution < -0.4 is 0 Å². The number of benzene rings is 1. The summed E-state index contributed by atoms with van der Waals surface area (Å²) in [5.74, 6) is 0.330. The number of hydrogen-bond acceptors (Lipinski definition) is 1. The maximum atomic E-state index is 12.4. The summed E-state index contributed by atoms with van der Waals surface area (Å²) < 4.78 is 0. The lowest BCUT2D eigenvalue weighted by Crippen LogP contribution is -2.24. The summed E-state index contributed by atoms with van der Waals surface area (Å²) in [6, 6.07) is 8.00. The van der Waals surface area contributed by atoms with Crippen molar-refractivity contribution in [1.82, 2.24) is 0 Å². The zero-order chi connectivity index (χ0) is 11.2. The Labute approximate surface area is 95.5 Å². The van der Waals surface area contributed by atoms with Gasteiger partial charge in [-0.15, -0.1) is 0 Å². The zero-order valence-corrected chi connectivity index (χ0v) is 9.20. The summed E-state index contributed by atoms with van der Waals surface area (Å²) in [6.07, 6.45) is 6.68. The van der Waals surface area contributed by atoms with Crippen LogP contribution in [0.1, 0.15) is 28.8 Å². The van der Waals surface area contributed by atoms with Crippen molar-refractivity contribution in [3.63, 3.8) is 0 Å². The maximum Gasteiger partial charge on any atom is 0.170 e. The summed E-state index contributed by atoms with van der Waals surface area (Å²) >= 11 is 0. The van der Waals surface area contributed by atoms with E-state index in [1.54, 1.807) is 0 Å². The molecule has 80 valence electrons. The van der Waals surface area contributed by atoms with E-state index in [0.29, 0.717) is 5.78 Å². The normalized spacial score (nSPS) is 27.0. The third kappa shape index (κ3) is 1.15. The van der Waals surface area contributed by atoms with Gasteiger partial charge in [0.1, 0.15) is 0 Å².